The largest absolute Gasteiger partial charge is 0.392 e. The Morgan fingerprint density at radius 3 is 2.89 bits per heavy atom. The Morgan fingerprint density at radius 1 is 1.56 bits per heavy atom. The van der Waals surface area contributed by atoms with Crippen LogP contribution >= 0.6 is 11.6 Å². The maximum atomic E-state index is 11.7. The Hall–Kier alpha value is -1.10. The molecule has 0 spiro atoms. The van der Waals surface area contributed by atoms with Crippen LogP contribution in [0.25, 0.3) is 0 Å². The highest BCUT2D eigenvalue weighted by molar-refractivity contribution is 6.30. The summed E-state index contributed by atoms with van der Waals surface area (Å²) >= 11 is 5.83. The molecule has 1 aromatic rings. The van der Waals surface area contributed by atoms with E-state index in [0.717, 1.165) is 0 Å². The van der Waals surface area contributed by atoms with Crippen LogP contribution < -0.4 is 5.32 Å². The summed E-state index contributed by atoms with van der Waals surface area (Å²) in [4.78, 5) is 13.6. The number of amides is 1. The first-order valence-electron chi connectivity index (χ1n) is 5.89. The molecule has 1 aromatic carbocycles. The summed E-state index contributed by atoms with van der Waals surface area (Å²) in [5.41, 5.74) is 0.700. The second kappa shape index (κ2) is 7.36. The zero-order chi connectivity index (χ0) is 13.5. The summed E-state index contributed by atoms with van der Waals surface area (Å²) in [5.74, 6) is -0.0605. The first kappa shape index (κ1) is 15.0. The van der Waals surface area contributed by atoms with E-state index >= 15 is 0 Å². The summed E-state index contributed by atoms with van der Waals surface area (Å²) in [6.45, 7) is 2.89. The van der Waals surface area contributed by atoms with Gasteiger partial charge in [0.2, 0.25) is 5.91 Å². The number of carbonyl (C=O) groups is 1. The lowest BCUT2D eigenvalue weighted by molar-refractivity contribution is -0.116. The minimum absolute atomic E-state index is 0.0605. The molecular weight excluding hydrogens is 252 g/mol. The molecule has 0 aliphatic heterocycles. The lowest BCUT2D eigenvalue weighted by atomic mass is 10.3. The third-order valence-corrected chi connectivity index (χ3v) is 2.64. The topological polar surface area (TPSA) is 52.6 Å². The van der Waals surface area contributed by atoms with Crippen molar-refractivity contribution in [3.8, 4) is 0 Å². The molecule has 4 nitrogen and oxygen atoms in total. The number of carbonyl (C=O) groups excluding carboxylic acids is 1. The van der Waals surface area contributed by atoms with Crippen LogP contribution in [0.4, 0.5) is 5.69 Å². The Balaban J connectivity index is 2.34. The van der Waals surface area contributed by atoms with E-state index in [9.17, 15) is 9.90 Å². The Labute approximate surface area is 113 Å². The molecule has 0 aromatic heterocycles. The van der Waals surface area contributed by atoms with Gasteiger partial charge in [-0.05, 0) is 32.2 Å². The van der Waals surface area contributed by atoms with Crippen molar-refractivity contribution in [1.29, 1.82) is 0 Å². The van der Waals surface area contributed by atoms with Gasteiger partial charge in [0, 0.05) is 30.2 Å². The number of benzene rings is 1. The quantitative estimate of drug-likeness (QED) is 0.831. The minimum atomic E-state index is -0.383. The van der Waals surface area contributed by atoms with Crippen molar-refractivity contribution in [3.05, 3.63) is 29.3 Å². The summed E-state index contributed by atoms with van der Waals surface area (Å²) in [6, 6.07) is 7.05. The molecule has 0 aliphatic carbocycles. The van der Waals surface area contributed by atoms with Crippen LogP contribution in [-0.4, -0.2) is 42.2 Å². The van der Waals surface area contributed by atoms with Crippen LogP contribution in [0.2, 0.25) is 5.02 Å². The summed E-state index contributed by atoms with van der Waals surface area (Å²) < 4.78 is 0. The predicted octanol–water partition coefficient (Wildman–Crippen LogP) is 1.98. The number of nitrogens with zero attached hydrogens (tertiary/aromatic N) is 1. The monoisotopic (exact) mass is 270 g/mol. The minimum Gasteiger partial charge on any atom is -0.392 e. The molecular formula is C13H19ClN2O2. The molecule has 0 radical (unpaired) electrons. The van der Waals surface area contributed by atoms with E-state index in [2.05, 4.69) is 5.32 Å². The second-order valence-corrected chi connectivity index (χ2v) is 4.86. The third kappa shape index (κ3) is 6.00. The first-order valence-corrected chi connectivity index (χ1v) is 6.27. The number of halogens is 1. The first-order chi connectivity index (χ1) is 8.47. The smallest absolute Gasteiger partial charge is 0.225 e. The molecule has 0 aliphatic rings. The van der Waals surface area contributed by atoms with Crippen molar-refractivity contribution in [1.82, 2.24) is 4.90 Å². The number of aliphatic hydroxyl groups excluding tert-OH is 1. The second-order valence-electron chi connectivity index (χ2n) is 4.42. The average molecular weight is 271 g/mol. The van der Waals surface area contributed by atoms with Gasteiger partial charge in [0.25, 0.3) is 0 Å². The molecule has 0 saturated carbocycles. The zero-order valence-electron chi connectivity index (χ0n) is 10.7. The number of aliphatic hydroxyl groups is 1. The van der Waals surface area contributed by atoms with Crippen LogP contribution in [0.3, 0.4) is 0 Å². The highest BCUT2D eigenvalue weighted by Gasteiger charge is 2.07. The van der Waals surface area contributed by atoms with Gasteiger partial charge in [0.1, 0.15) is 0 Å². The van der Waals surface area contributed by atoms with E-state index in [1.165, 1.54) is 0 Å². The molecule has 1 unspecified atom stereocenters. The lowest BCUT2D eigenvalue weighted by Crippen LogP contribution is -2.30. The van der Waals surface area contributed by atoms with Gasteiger partial charge in [-0.1, -0.05) is 17.7 Å². The molecule has 0 fully saturated rings. The molecule has 18 heavy (non-hydrogen) atoms. The maximum absolute atomic E-state index is 11.7. The molecule has 0 heterocycles. The number of anilines is 1. The van der Waals surface area contributed by atoms with Gasteiger partial charge in [-0.2, -0.15) is 0 Å². The number of likely N-dealkylation sites (N-methyl/N-ethyl adjacent to an activating group) is 1. The average Bonchev–Trinajstić information content (AvgIpc) is 2.25. The van der Waals surface area contributed by atoms with Crippen molar-refractivity contribution in [2.75, 3.05) is 25.5 Å². The molecule has 0 bridgehead atoms. The summed E-state index contributed by atoms with van der Waals surface area (Å²) in [7, 11) is 1.87. The van der Waals surface area contributed by atoms with E-state index in [4.69, 9.17) is 11.6 Å². The van der Waals surface area contributed by atoms with E-state index in [1.807, 2.05) is 11.9 Å². The van der Waals surface area contributed by atoms with E-state index in [1.54, 1.807) is 31.2 Å². The van der Waals surface area contributed by atoms with Crippen LogP contribution in [0, 0.1) is 0 Å². The van der Waals surface area contributed by atoms with Crippen molar-refractivity contribution in [2.24, 2.45) is 0 Å². The lowest BCUT2D eigenvalue weighted by Gasteiger charge is -2.17. The van der Waals surface area contributed by atoms with Crippen molar-refractivity contribution in [3.63, 3.8) is 0 Å². The number of rotatable bonds is 6. The Morgan fingerprint density at radius 2 is 2.28 bits per heavy atom. The molecule has 1 atom stereocenters. The number of hydrogen-bond acceptors (Lipinski definition) is 3. The predicted molar refractivity (Wildman–Crippen MR) is 73.9 cm³/mol. The Bertz CT molecular complexity index is 396. The third-order valence-electron chi connectivity index (χ3n) is 2.40. The number of nitrogens with one attached hydrogen (secondary N) is 1. The van der Waals surface area contributed by atoms with Crippen LogP contribution in [0.1, 0.15) is 13.3 Å². The standard InChI is InChI=1S/C13H19ClN2O2/c1-10(17)9-16(2)7-6-13(18)15-12-5-3-4-11(14)8-12/h3-5,8,10,17H,6-7,9H2,1-2H3,(H,15,18). The fourth-order valence-electron chi connectivity index (χ4n) is 1.62. The summed E-state index contributed by atoms with van der Waals surface area (Å²) in [6.07, 6.45) is 0.00131. The van der Waals surface area contributed by atoms with Crippen molar-refractivity contribution >= 4 is 23.2 Å². The van der Waals surface area contributed by atoms with Gasteiger partial charge >= 0.3 is 0 Å². The van der Waals surface area contributed by atoms with Crippen molar-refractivity contribution in [2.45, 2.75) is 19.4 Å². The van der Waals surface area contributed by atoms with E-state index in [-0.39, 0.29) is 12.0 Å². The molecule has 0 saturated heterocycles. The van der Waals surface area contributed by atoms with Crippen LogP contribution in [0.5, 0.6) is 0 Å². The Kier molecular flexibility index (Phi) is 6.12. The van der Waals surface area contributed by atoms with Gasteiger partial charge in [0.15, 0.2) is 0 Å². The van der Waals surface area contributed by atoms with Gasteiger partial charge < -0.3 is 15.3 Å². The molecule has 1 rings (SSSR count). The van der Waals surface area contributed by atoms with Gasteiger partial charge in [-0.3, -0.25) is 4.79 Å². The molecule has 5 heteroatoms. The van der Waals surface area contributed by atoms with Gasteiger partial charge in [-0.15, -0.1) is 0 Å². The highest BCUT2D eigenvalue weighted by Crippen LogP contribution is 2.14. The van der Waals surface area contributed by atoms with Crippen LogP contribution in [-0.2, 0) is 4.79 Å². The molecule has 100 valence electrons. The summed E-state index contributed by atoms with van der Waals surface area (Å²) in [5, 5.41) is 12.6. The maximum Gasteiger partial charge on any atom is 0.225 e. The van der Waals surface area contributed by atoms with Crippen molar-refractivity contribution < 1.29 is 9.90 Å². The SMILES string of the molecule is CC(O)CN(C)CCC(=O)Nc1cccc(Cl)c1. The van der Waals surface area contributed by atoms with Gasteiger partial charge in [0.05, 0.1) is 6.10 Å². The molecule has 2 N–H and O–H groups in total. The fourth-order valence-corrected chi connectivity index (χ4v) is 1.81. The zero-order valence-corrected chi connectivity index (χ0v) is 11.4. The van der Waals surface area contributed by atoms with E-state index in [0.29, 0.717) is 30.2 Å². The van der Waals surface area contributed by atoms with E-state index < -0.39 is 0 Å². The fraction of sp³-hybridized carbons (Fsp3) is 0.462. The van der Waals surface area contributed by atoms with Gasteiger partial charge in [-0.25, -0.2) is 0 Å². The number of hydrogen-bond donors (Lipinski definition) is 2. The highest BCUT2D eigenvalue weighted by atomic mass is 35.5. The normalized spacial score (nSPS) is 12.5. The molecule has 1 amide bonds. The van der Waals surface area contributed by atoms with Crippen LogP contribution in [0.15, 0.2) is 24.3 Å².